The molecule has 0 aromatic carbocycles. The van der Waals surface area contributed by atoms with Gasteiger partial charge in [0.2, 0.25) is 0 Å². The van der Waals surface area contributed by atoms with Crippen LogP contribution in [0.15, 0.2) is 0 Å². The summed E-state index contributed by atoms with van der Waals surface area (Å²) in [5.41, 5.74) is 0. The van der Waals surface area contributed by atoms with Crippen LogP contribution in [-0.4, -0.2) is 42.1 Å². The van der Waals surface area contributed by atoms with Crippen molar-refractivity contribution in [2.75, 3.05) is 25.5 Å². The molecule has 4 heteroatoms. The summed E-state index contributed by atoms with van der Waals surface area (Å²) < 4.78 is 2.37. The molecule has 0 saturated carbocycles. The van der Waals surface area contributed by atoms with Gasteiger partial charge < -0.3 is 0 Å². The normalized spacial score (nSPS) is 28.9. The minimum absolute atomic E-state index is 0.462. The molecule has 2 rings (SSSR count). The Labute approximate surface area is 77.8 Å². The molecule has 3 nitrogen and oxygen atoms in total. The van der Waals surface area contributed by atoms with Crippen molar-refractivity contribution >= 4 is 17.6 Å². The van der Waals surface area contributed by atoms with Gasteiger partial charge in [0.05, 0.1) is 31.6 Å². The molecule has 0 aliphatic carbocycles. The third-order valence-electron chi connectivity index (χ3n) is 2.49. The Hall–Kier alpha value is -0.440. The van der Waals surface area contributed by atoms with Crippen LogP contribution >= 0.6 is 11.6 Å². The van der Waals surface area contributed by atoms with Crippen molar-refractivity contribution in [3.05, 3.63) is 0 Å². The Morgan fingerprint density at radius 2 is 2.42 bits per heavy atom. The van der Waals surface area contributed by atoms with E-state index in [9.17, 15) is 0 Å². The lowest BCUT2D eigenvalue weighted by atomic mass is 10.2. The Bertz CT molecular complexity index is 202. The molecule has 0 radical (unpaired) electrons. The Kier molecular flexibility index (Phi) is 2.40. The van der Waals surface area contributed by atoms with Crippen LogP contribution in [0.25, 0.3) is 0 Å². The van der Waals surface area contributed by atoms with Crippen molar-refractivity contribution in [1.82, 2.24) is 10.6 Å². The van der Waals surface area contributed by atoms with Gasteiger partial charge in [0.25, 0.3) is 0 Å². The van der Waals surface area contributed by atoms with Crippen LogP contribution in [0.3, 0.4) is 0 Å². The predicted molar refractivity (Wildman–Crippen MR) is 49.9 cm³/mol. The van der Waals surface area contributed by atoms with Crippen molar-refractivity contribution in [3.8, 4) is 0 Å². The zero-order chi connectivity index (χ0) is 8.39. The van der Waals surface area contributed by atoms with Gasteiger partial charge >= 0.3 is 5.96 Å². The molecule has 2 aliphatic rings. The Morgan fingerprint density at radius 1 is 1.50 bits per heavy atom. The highest BCUT2D eigenvalue weighted by molar-refractivity contribution is 6.18. The smallest absolute Gasteiger partial charge is 0.278 e. The molecule has 2 heterocycles. The lowest BCUT2D eigenvalue weighted by molar-refractivity contribution is -0.541. The standard InChI is InChI=1S/C8H14ClN3/c9-6-7-2-5-12-4-1-3-10-8(12)11-7/h7H,1-6H2,(H,10,11)/p+1/t7-/m0/s1. The summed E-state index contributed by atoms with van der Waals surface area (Å²) in [4.78, 5) is 0. The first-order valence-electron chi connectivity index (χ1n) is 4.58. The first-order valence-corrected chi connectivity index (χ1v) is 5.12. The minimum atomic E-state index is 0.462. The van der Waals surface area contributed by atoms with Crippen LogP contribution in [-0.2, 0) is 0 Å². The fourth-order valence-electron chi connectivity index (χ4n) is 1.76. The molecule has 0 spiro atoms. The molecule has 1 atom stereocenters. The van der Waals surface area contributed by atoms with Crippen molar-refractivity contribution in [3.63, 3.8) is 0 Å². The van der Waals surface area contributed by atoms with Crippen LogP contribution in [0.4, 0.5) is 0 Å². The molecule has 0 aromatic rings. The second-order valence-electron chi connectivity index (χ2n) is 3.40. The van der Waals surface area contributed by atoms with Crippen LogP contribution in [0.1, 0.15) is 12.8 Å². The number of rotatable bonds is 1. The SMILES string of the molecule is ClC[C@@H]1CC[N+]2=C(NCCC2)N1. The van der Waals surface area contributed by atoms with Crippen LogP contribution in [0.2, 0.25) is 0 Å². The van der Waals surface area contributed by atoms with E-state index in [4.69, 9.17) is 11.6 Å². The molecular formula is C8H15ClN3+. The minimum Gasteiger partial charge on any atom is -0.278 e. The van der Waals surface area contributed by atoms with Gasteiger partial charge in [-0.15, -0.1) is 11.6 Å². The van der Waals surface area contributed by atoms with Gasteiger partial charge in [0.15, 0.2) is 0 Å². The first kappa shape index (κ1) is 8.17. The van der Waals surface area contributed by atoms with E-state index < -0.39 is 0 Å². The van der Waals surface area contributed by atoms with Crippen molar-refractivity contribution in [2.24, 2.45) is 0 Å². The van der Waals surface area contributed by atoms with Crippen LogP contribution in [0, 0.1) is 0 Å². The second-order valence-corrected chi connectivity index (χ2v) is 3.71. The van der Waals surface area contributed by atoms with Crippen LogP contribution < -0.4 is 10.6 Å². The van der Waals surface area contributed by atoms with Gasteiger partial charge in [-0.05, 0) is 0 Å². The molecule has 0 amide bonds. The number of halogens is 1. The number of hydrogen-bond donors (Lipinski definition) is 2. The highest BCUT2D eigenvalue weighted by atomic mass is 35.5. The van der Waals surface area contributed by atoms with Gasteiger partial charge in [-0.3, -0.25) is 15.2 Å². The van der Waals surface area contributed by atoms with Crippen molar-refractivity contribution < 1.29 is 4.58 Å². The summed E-state index contributed by atoms with van der Waals surface area (Å²) in [5, 5.41) is 6.76. The highest BCUT2D eigenvalue weighted by Gasteiger charge is 2.26. The maximum Gasteiger partial charge on any atom is 0.346 e. The molecule has 0 saturated heterocycles. The van der Waals surface area contributed by atoms with Gasteiger partial charge in [0.1, 0.15) is 0 Å². The zero-order valence-electron chi connectivity index (χ0n) is 7.15. The molecule has 2 aliphatic heterocycles. The summed E-state index contributed by atoms with van der Waals surface area (Å²) in [6.45, 7) is 3.42. The highest BCUT2D eigenvalue weighted by Crippen LogP contribution is 2.03. The quantitative estimate of drug-likeness (QED) is 0.446. The number of alkyl halides is 1. The third kappa shape index (κ3) is 1.51. The number of nitrogens with one attached hydrogen (secondary N) is 2. The maximum atomic E-state index is 5.79. The van der Waals surface area contributed by atoms with E-state index in [1.807, 2.05) is 0 Å². The van der Waals surface area contributed by atoms with Crippen LogP contribution in [0.5, 0.6) is 0 Å². The van der Waals surface area contributed by atoms with E-state index in [1.165, 1.54) is 18.9 Å². The first-order chi connectivity index (χ1) is 5.90. The summed E-state index contributed by atoms with van der Waals surface area (Å²) in [7, 11) is 0. The topological polar surface area (TPSA) is 27.1 Å². The summed E-state index contributed by atoms with van der Waals surface area (Å²) in [6.07, 6.45) is 2.41. The van der Waals surface area contributed by atoms with E-state index in [0.717, 1.165) is 19.5 Å². The molecule has 0 fully saturated rings. The average molecular weight is 189 g/mol. The monoisotopic (exact) mass is 188 g/mol. The van der Waals surface area contributed by atoms with Gasteiger partial charge in [-0.2, -0.15) is 0 Å². The largest absolute Gasteiger partial charge is 0.346 e. The van der Waals surface area contributed by atoms with Crippen molar-refractivity contribution in [1.29, 1.82) is 0 Å². The van der Waals surface area contributed by atoms with E-state index in [-0.39, 0.29) is 0 Å². The third-order valence-corrected chi connectivity index (χ3v) is 2.86. The van der Waals surface area contributed by atoms with Crippen molar-refractivity contribution in [2.45, 2.75) is 18.9 Å². The molecule has 0 bridgehead atoms. The van der Waals surface area contributed by atoms with E-state index >= 15 is 0 Å². The number of guanidine groups is 1. The molecule has 0 aromatic heterocycles. The maximum absolute atomic E-state index is 5.79. The summed E-state index contributed by atoms with van der Waals surface area (Å²) >= 11 is 5.79. The summed E-state index contributed by atoms with van der Waals surface area (Å²) in [6, 6.07) is 0.462. The lowest BCUT2D eigenvalue weighted by Gasteiger charge is -2.26. The average Bonchev–Trinajstić information content (AvgIpc) is 2.17. The van der Waals surface area contributed by atoms with Gasteiger partial charge in [0, 0.05) is 12.8 Å². The fourth-order valence-corrected chi connectivity index (χ4v) is 1.99. The lowest BCUT2D eigenvalue weighted by Crippen LogP contribution is -2.57. The predicted octanol–water partition coefficient (Wildman–Crippen LogP) is -0.0511. The van der Waals surface area contributed by atoms with E-state index in [0.29, 0.717) is 11.9 Å². The fraction of sp³-hybridized carbons (Fsp3) is 0.875. The number of nitrogens with zero attached hydrogens (tertiary/aromatic N) is 1. The Balaban J connectivity index is 2.05. The molecular weight excluding hydrogens is 174 g/mol. The van der Waals surface area contributed by atoms with E-state index in [1.54, 1.807) is 0 Å². The zero-order valence-corrected chi connectivity index (χ0v) is 7.90. The van der Waals surface area contributed by atoms with Gasteiger partial charge in [-0.25, -0.2) is 0 Å². The molecule has 2 N–H and O–H groups in total. The molecule has 0 unspecified atom stereocenters. The van der Waals surface area contributed by atoms with Gasteiger partial charge in [-0.1, -0.05) is 0 Å². The molecule has 12 heavy (non-hydrogen) atoms. The summed E-state index contributed by atoms with van der Waals surface area (Å²) in [5.74, 6) is 1.90. The number of hydrogen-bond acceptors (Lipinski definition) is 2. The Morgan fingerprint density at radius 3 is 3.25 bits per heavy atom. The molecule has 68 valence electrons. The second kappa shape index (κ2) is 3.52. The van der Waals surface area contributed by atoms with E-state index in [2.05, 4.69) is 15.2 Å².